The molecule has 3 amide bonds. The SMILES string of the molecule is CC(=O)N1CCN(C(=O)NCc2nc(C(=O)O)cs2)CC1. The highest BCUT2D eigenvalue weighted by molar-refractivity contribution is 7.09. The second kappa shape index (κ2) is 6.53. The molecule has 1 aliphatic heterocycles. The van der Waals surface area contributed by atoms with Crippen molar-refractivity contribution in [1.29, 1.82) is 0 Å². The third-order valence-corrected chi connectivity index (χ3v) is 4.02. The number of carboxylic acids is 1. The lowest BCUT2D eigenvalue weighted by molar-refractivity contribution is -0.130. The number of thiazole rings is 1. The number of aromatic nitrogens is 1. The van der Waals surface area contributed by atoms with Gasteiger partial charge in [-0.25, -0.2) is 14.6 Å². The van der Waals surface area contributed by atoms with Crippen LogP contribution in [0.1, 0.15) is 22.4 Å². The van der Waals surface area contributed by atoms with Crippen LogP contribution in [0, 0.1) is 0 Å². The summed E-state index contributed by atoms with van der Waals surface area (Å²) in [4.78, 5) is 41.1. The lowest BCUT2D eigenvalue weighted by atomic mass is 10.3. The minimum absolute atomic E-state index is 0.0130. The molecule has 0 saturated carbocycles. The van der Waals surface area contributed by atoms with Crippen LogP contribution in [0.25, 0.3) is 0 Å². The number of carbonyl (C=O) groups excluding carboxylic acids is 2. The van der Waals surface area contributed by atoms with Crippen molar-refractivity contribution in [3.05, 3.63) is 16.1 Å². The number of rotatable bonds is 3. The quantitative estimate of drug-likeness (QED) is 0.831. The fraction of sp³-hybridized carbons (Fsp3) is 0.500. The van der Waals surface area contributed by atoms with Gasteiger partial charge in [-0.3, -0.25) is 4.79 Å². The Bertz CT molecular complexity index is 551. The van der Waals surface area contributed by atoms with E-state index in [1.807, 2.05) is 0 Å². The van der Waals surface area contributed by atoms with E-state index in [0.29, 0.717) is 31.2 Å². The van der Waals surface area contributed by atoms with Gasteiger partial charge in [0.25, 0.3) is 0 Å². The Labute approximate surface area is 125 Å². The summed E-state index contributed by atoms with van der Waals surface area (Å²) < 4.78 is 0. The van der Waals surface area contributed by atoms with Crippen LogP contribution >= 0.6 is 11.3 Å². The van der Waals surface area contributed by atoms with Crippen LogP contribution in [0.5, 0.6) is 0 Å². The highest BCUT2D eigenvalue weighted by atomic mass is 32.1. The Balaban J connectivity index is 1.79. The van der Waals surface area contributed by atoms with Crippen molar-refractivity contribution in [2.75, 3.05) is 26.2 Å². The van der Waals surface area contributed by atoms with Crippen molar-refractivity contribution in [3.8, 4) is 0 Å². The first-order valence-corrected chi connectivity index (χ1v) is 7.31. The summed E-state index contributed by atoms with van der Waals surface area (Å²) in [6.45, 7) is 3.75. The van der Waals surface area contributed by atoms with Crippen LogP contribution in [0.3, 0.4) is 0 Å². The molecule has 0 bridgehead atoms. The third kappa shape index (κ3) is 3.91. The molecule has 0 aromatic carbocycles. The first-order chi connectivity index (χ1) is 9.97. The standard InChI is InChI=1S/C12H16N4O4S/c1-8(17)15-2-4-16(5-3-15)12(20)13-6-10-14-9(7-21-10)11(18)19/h7H,2-6H2,1H3,(H,13,20)(H,18,19). The molecule has 1 aromatic heterocycles. The van der Waals surface area contributed by atoms with Gasteiger partial charge in [0.15, 0.2) is 5.69 Å². The van der Waals surface area contributed by atoms with Crippen molar-refractivity contribution in [1.82, 2.24) is 20.1 Å². The Morgan fingerprint density at radius 2 is 1.90 bits per heavy atom. The summed E-state index contributed by atoms with van der Waals surface area (Å²) in [6.07, 6.45) is 0. The van der Waals surface area contributed by atoms with Crippen molar-refractivity contribution in [3.63, 3.8) is 0 Å². The molecular weight excluding hydrogens is 296 g/mol. The molecule has 9 heteroatoms. The minimum atomic E-state index is -1.08. The average Bonchev–Trinajstić information content (AvgIpc) is 2.94. The van der Waals surface area contributed by atoms with Gasteiger partial charge < -0.3 is 20.2 Å². The number of carbonyl (C=O) groups is 3. The van der Waals surface area contributed by atoms with E-state index in [-0.39, 0.29) is 24.2 Å². The second-order valence-corrected chi connectivity index (χ2v) is 5.53. The average molecular weight is 312 g/mol. The first-order valence-electron chi connectivity index (χ1n) is 6.43. The second-order valence-electron chi connectivity index (χ2n) is 4.58. The van der Waals surface area contributed by atoms with Gasteiger partial charge in [0.1, 0.15) is 5.01 Å². The molecule has 1 aromatic rings. The van der Waals surface area contributed by atoms with Crippen LogP contribution in [0.15, 0.2) is 5.38 Å². The molecule has 2 N–H and O–H groups in total. The van der Waals surface area contributed by atoms with Crippen molar-refractivity contribution < 1.29 is 19.5 Å². The molecule has 2 rings (SSSR count). The summed E-state index contributed by atoms with van der Waals surface area (Å²) in [5, 5.41) is 13.5. The molecule has 0 atom stereocenters. The van der Waals surface area contributed by atoms with Gasteiger partial charge >= 0.3 is 12.0 Å². The lowest BCUT2D eigenvalue weighted by Crippen LogP contribution is -2.52. The van der Waals surface area contributed by atoms with Crippen LogP contribution in [-0.2, 0) is 11.3 Å². The molecule has 0 unspecified atom stereocenters. The molecule has 0 radical (unpaired) electrons. The van der Waals surface area contributed by atoms with E-state index < -0.39 is 5.97 Å². The number of urea groups is 1. The van der Waals surface area contributed by atoms with Crippen molar-refractivity contribution in [2.45, 2.75) is 13.5 Å². The van der Waals surface area contributed by atoms with Gasteiger partial charge in [0.2, 0.25) is 5.91 Å². The first kappa shape index (κ1) is 15.2. The maximum atomic E-state index is 12.0. The van der Waals surface area contributed by atoms with E-state index >= 15 is 0 Å². The molecule has 21 heavy (non-hydrogen) atoms. The van der Waals surface area contributed by atoms with Gasteiger partial charge in [-0.15, -0.1) is 11.3 Å². The van der Waals surface area contributed by atoms with E-state index in [2.05, 4.69) is 10.3 Å². The van der Waals surface area contributed by atoms with Gasteiger partial charge in [-0.2, -0.15) is 0 Å². The number of hydrogen-bond donors (Lipinski definition) is 2. The molecule has 1 saturated heterocycles. The predicted molar refractivity (Wildman–Crippen MR) is 75.1 cm³/mol. The third-order valence-electron chi connectivity index (χ3n) is 3.17. The molecule has 1 fully saturated rings. The van der Waals surface area contributed by atoms with Crippen LogP contribution in [-0.4, -0.2) is 64.0 Å². The van der Waals surface area contributed by atoms with Gasteiger partial charge in [-0.05, 0) is 0 Å². The van der Waals surface area contributed by atoms with E-state index in [4.69, 9.17) is 5.11 Å². The number of carboxylic acid groups (broad SMARTS) is 1. The molecule has 8 nitrogen and oxygen atoms in total. The topological polar surface area (TPSA) is 103 Å². The maximum absolute atomic E-state index is 12.0. The normalized spacial score (nSPS) is 14.9. The molecule has 114 valence electrons. The lowest BCUT2D eigenvalue weighted by Gasteiger charge is -2.34. The van der Waals surface area contributed by atoms with E-state index in [9.17, 15) is 14.4 Å². The van der Waals surface area contributed by atoms with Gasteiger partial charge in [0.05, 0.1) is 6.54 Å². The van der Waals surface area contributed by atoms with Crippen molar-refractivity contribution in [2.24, 2.45) is 0 Å². The molecule has 0 aliphatic carbocycles. The fourth-order valence-electron chi connectivity index (χ4n) is 1.98. The van der Waals surface area contributed by atoms with Crippen molar-refractivity contribution >= 4 is 29.2 Å². The summed E-state index contributed by atoms with van der Waals surface area (Å²) in [5.74, 6) is -1.07. The number of nitrogens with zero attached hydrogens (tertiary/aromatic N) is 3. The van der Waals surface area contributed by atoms with E-state index in [1.165, 1.54) is 23.6 Å². The molecular formula is C12H16N4O4S. The Morgan fingerprint density at radius 3 is 2.43 bits per heavy atom. The Kier molecular flexibility index (Phi) is 4.73. The number of hydrogen-bond acceptors (Lipinski definition) is 5. The van der Waals surface area contributed by atoms with Crippen LogP contribution < -0.4 is 5.32 Å². The molecule has 1 aliphatic rings. The zero-order valence-electron chi connectivity index (χ0n) is 11.5. The maximum Gasteiger partial charge on any atom is 0.355 e. The zero-order chi connectivity index (χ0) is 15.4. The number of amides is 3. The summed E-state index contributed by atoms with van der Waals surface area (Å²) in [7, 11) is 0. The Morgan fingerprint density at radius 1 is 1.29 bits per heavy atom. The summed E-state index contributed by atoms with van der Waals surface area (Å²) >= 11 is 1.19. The number of nitrogens with one attached hydrogen (secondary N) is 1. The summed E-state index contributed by atoms with van der Waals surface area (Å²) in [5.41, 5.74) is -0.0145. The number of piperazine rings is 1. The van der Waals surface area contributed by atoms with E-state index in [0.717, 1.165) is 0 Å². The van der Waals surface area contributed by atoms with Crippen LogP contribution in [0.2, 0.25) is 0 Å². The highest BCUT2D eigenvalue weighted by Gasteiger charge is 2.22. The zero-order valence-corrected chi connectivity index (χ0v) is 12.4. The van der Waals surface area contributed by atoms with Gasteiger partial charge in [-0.1, -0.05) is 0 Å². The number of aromatic carboxylic acids is 1. The monoisotopic (exact) mass is 312 g/mol. The fourth-order valence-corrected chi connectivity index (χ4v) is 2.69. The minimum Gasteiger partial charge on any atom is -0.476 e. The smallest absolute Gasteiger partial charge is 0.355 e. The van der Waals surface area contributed by atoms with Crippen LogP contribution in [0.4, 0.5) is 4.79 Å². The molecule has 0 spiro atoms. The summed E-state index contributed by atoms with van der Waals surface area (Å²) in [6, 6.07) is -0.231. The predicted octanol–water partition coefficient (Wildman–Crippen LogP) is 0.215. The Hall–Kier alpha value is -2.16. The highest BCUT2D eigenvalue weighted by Crippen LogP contribution is 2.10. The largest absolute Gasteiger partial charge is 0.476 e. The molecule has 2 heterocycles. The van der Waals surface area contributed by atoms with Gasteiger partial charge in [0, 0.05) is 38.5 Å². The van der Waals surface area contributed by atoms with E-state index in [1.54, 1.807) is 9.80 Å².